The summed E-state index contributed by atoms with van der Waals surface area (Å²) in [5, 5.41) is 7.51. The number of carbonyl (C=O) groups is 1. The smallest absolute Gasteiger partial charge is 0.255 e. The van der Waals surface area contributed by atoms with Crippen LogP contribution in [0.1, 0.15) is 34.4 Å². The van der Waals surface area contributed by atoms with E-state index in [4.69, 9.17) is 0 Å². The van der Waals surface area contributed by atoms with Gasteiger partial charge in [0.15, 0.2) is 0 Å². The van der Waals surface area contributed by atoms with E-state index < -0.39 is 0 Å². The highest BCUT2D eigenvalue weighted by Gasteiger charge is 2.20. The van der Waals surface area contributed by atoms with Crippen LogP contribution in [-0.4, -0.2) is 20.7 Å². The van der Waals surface area contributed by atoms with Crippen LogP contribution in [0, 0.1) is 6.92 Å². The first kappa shape index (κ1) is 15.9. The van der Waals surface area contributed by atoms with Crippen molar-refractivity contribution in [2.75, 3.05) is 0 Å². The summed E-state index contributed by atoms with van der Waals surface area (Å²) in [7, 11) is 0. The predicted molar refractivity (Wildman–Crippen MR) is 93.1 cm³/mol. The molecule has 0 aliphatic heterocycles. The Labute approximate surface area is 141 Å². The van der Waals surface area contributed by atoms with E-state index in [0.717, 1.165) is 29.2 Å². The van der Waals surface area contributed by atoms with E-state index >= 15 is 0 Å². The van der Waals surface area contributed by atoms with Crippen LogP contribution in [0.3, 0.4) is 0 Å². The van der Waals surface area contributed by atoms with Crippen LogP contribution < -0.4 is 5.32 Å². The average Bonchev–Trinajstić information content (AvgIpc) is 2.97. The lowest BCUT2D eigenvalue weighted by Crippen LogP contribution is -2.24. The van der Waals surface area contributed by atoms with Gasteiger partial charge in [0, 0.05) is 6.20 Å². The molecule has 0 radical (unpaired) electrons. The van der Waals surface area contributed by atoms with E-state index in [1.165, 1.54) is 0 Å². The van der Waals surface area contributed by atoms with Crippen LogP contribution in [-0.2, 0) is 13.0 Å². The Morgan fingerprint density at radius 3 is 2.54 bits per heavy atom. The number of carbonyl (C=O) groups excluding carboxylic acids is 1. The highest BCUT2D eigenvalue weighted by molar-refractivity contribution is 5.96. The van der Waals surface area contributed by atoms with Crippen LogP contribution in [0.2, 0.25) is 0 Å². The maximum atomic E-state index is 12.7. The number of aryl methyl sites for hydroxylation is 1. The molecule has 1 amide bonds. The molecular formula is C19H20N4O. The van der Waals surface area contributed by atoms with E-state index in [-0.39, 0.29) is 5.91 Å². The van der Waals surface area contributed by atoms with Gasteiger partial charge >= 0.3 is 0 Å². The monoisotopic (exact) mass is 320 g/mol. The van der Waals surface area contributed by atoms with Crippen LogP contribution in [0.4, 0.5) is 0 Å². The van der Waals surface area contributed by atoms with E-state index in [9.17, 15) is 4.79 Å². The number of aromatic nitrogens is 3. The zero-order valence-corrected chi connectivity index (χ0v) is 13.9. The fourth-order valence-corrected chi connectivity index (χ4v) is 2.74. The number of nitrogens with one attached hydrogen (secondary N) is 1. The number of rotatable bonds is 5. The van der Waals surface area contributed by atoms with Gasteiger partial charge in [0.05, 0.1) is 34.9 Å². The molecule has 24 heavy (non-hydrogen) atoms. The average molecular weight is 320 g/mol. The van der Waals surface area contributed by atoms with Crippen molar-refractivity contribution < 1.29 is 4.79 Å². The number of benzene rings is 1. The standard InChI is InChI=1S/C19H20N4O/c1-3-17-18(19(24)21-13-15-9-7-8-12-20-15)14(2)22-23(17)16-10-5-4-6-11-16/h4-12H,3,13H2,1-2H3,(H,21,24). The molecule has 0 fully saturated rings. The highest BCUT2D eigenvalue weighted by Crippen LogP contribution is 2.19. The minimum Gasteiger partial charge on any atom is -0.346 e. The summed E-state index contributed by atoms with van der Waals surface area (Å²) in [5.41, 5.74) is 4.09. The molecule has 3 aromatic rings. The Bertz CT molecular complexity index is 825. The SMILES string of the molecule is CCc1c(C(=O)NCc2ccccn2)c(C)nn1-c1ccccc1. The Hall–Kier alpha value is -2.95. The van der Waals surface area contributed by atoms with Crippen molar-refractivity contribution in [2.24, 2.45) is 0 Å². The number of amides is 1. The van der Waals surface area contributed by atoms with Gasteiger partial charge in [0.2, 0.25) is 0 Å². The molecule has 1 aromatic carbocycles. The minimum atomic E-state index is -0.114. The first-order valence-corrected chi connectivity index (χ1v) is 8.02. The van der Waals surface area contributed by atoms with Crippen molar-refractivity contribution in [1.82, 2.24) is 20.1 Å². The van der Waals surface area contributed by atoms with E-state index in [1.54, 1.807) is 6.20 Å². The molecule has 0 atom stereocenters. The number of hydrogen-bond donors (Lipinski definition) is 1. The fourth-order valence-electron chi connectivity index (χ4n) is 2.74. The molecule has 3 rings (SSSR count). The summed E-state index contributed by atoms with van der Waals surface area (Å²) in [4.78, 5) is 16.9. The van der Waals surface area contributed by atoms with Gasteiger partial charge in [0.25, 0.3) is 5.91 Å². The van der Waals surface area contributed by atoms with Gasteiger partial charge in [-0.1, -0.05) is 31.2 Å². The van der Waals surface area contributed by atoms with Gasteiger partial charge in [-0.3, -0.25) is 9.78 Å². The summed E-state index contributed by atoms with van der Waals surface area (Å²) >= 11 is 0. The Kier molecular flexibility index (Phi) is 4.70. The number of para-hydroxylation sites is 1. The second kappa shape index (κ2) is 7.08. The van der Waals surface area contributed by atoms with Gasteiger partial charge in [-0.2, -0.15) is 5.10 Å². The first-order chi connectivity index (χ1) is 11.7. The number of nitrogens with zero attached hydrogens (tertiary/aromatic N) is 3. The van der Waals surface area contributed by atoms with Crippen molar-refractivity contribution in [1.29, 1.82) is 0 Å². The van der Waals surface area contributed by atoms with Gasteiger partial charge < -0.3 is 5.32 Å². The second-order valence-electron chi connectivity index (χ2n) is 5.51. The third-order valence-electron chi connectivity index (χ3n) is 3.87. The number of pyridine rings is 1. The lowest BCUT2D eigenvalue weighted by Gasteiger charge is -2.08. The normalized spacial score (nSPS) is 10.6. The molecule has 5 nitrogen and oxygen atoms in total. The molecule has 122 valence electrons. The predicted octanol–water partition coefficient (Wildman–Crippen LogP) is 3.07. The van der Waals surface area contributed by atoms with Gasteiger partial charge in [0.1, 0.15) is 0 Å². The zero-order chi connectivity index (χ0) is 16.9. The molecule has 5 heteroatoms. The molecule has 2 heterocycles. The molecule has 0 bridgehead atoms. The summed E-state index contributed by atoms with van der Waals surface area (Å²) < 4.78 is 1.85. The molecule has 0 aliphatic carbocycles. The van der Waals surface area contributed by atoms with Crippen molar-refractivity contribution in [3.63, 3.8) is 0 Å². The maximum Gasteiger partial charge on any atom is 0.255 e. The largest absolute Gasteiger partial charge is 0.346 e. The first-order valence-electron chi connectivity index (χ1n) is 8.02. The minimum absolute atomic E-state index is 0.114. The van der Waals surface area contributed by atoms with E-state index in [2.05, 4.69) is 15.4 Å². The van der Waals surface area contributed by atoms with Crippen molar-refractivity contribution >= 4 is 5.91 Å². The lowest BCUT2D eigenvalue weighted by atomic mass is 10.1. The third kappa shape index (κ3) is 3.20. The Balaban J connectivity index is 1.87. The highest BCUT2D eigenvalue weighted by atomic mass is 16.1. The van der Waals surface area contributed by atoms with Gasteiger partial charge in [-0.25, -0.2) is 4.68 Å². The molecule has 0 saturated heterocycles. The van der Waals surface area contributed by atoms with E-state index in [1.807, 2.05) is 67.1 Å². The molecule has 0 unspecified atom stereocenters. The fraction of sp³-hybridized carbons (Fsp3) is 0.211. The lowest BCUT2D eigenvalue weighted by molar-refractivity contribution is 0.0949. The summed E-state index contributed by atoms with van der Waals surface area (Å²) in [6, 6.07) is 15.5. The van der Waals surface area contributed by atoms with Crippen molar-refractivity contribution in [2.45, 2.75) is 26.8 Å². The maximum absolute atomic E-state index is 12.7. The van der Waals surface area contributed by atoms with Crippen LogP contribution in [0.25, 0.3) is 5.69 Å². The van der Waals surface area contributed by atoms with Crippen LogP contribution in [0.15, 0.2) is 54.7 Å². The Morgan fingerprint density at radius 1 is 1.12 bits per heavy atom. The summed E-state index contributed by atoms with van der Waals surface area (Å²) in [6.07, 6.45) is 2.44. The number of hydrogen-bond acceptors (Lipinski definition) is 3. The van der Waals surface area contributed by atoms with Crippen molar-refractivity contribution in [3.8, 4) is 5.69 Å². The molecular weight excluding hydrogens is 300 g/mol. The molecule has 0 aliphatic rings. The van der Waals surface area contributed by atoms with Crippen LogP contribution >= 0.6 is 0 Å². The molecule has 1 N–H and O–H groups in total. The topological polar surface area (TPSA) is 59.8 Å². The van der Waals surface area contributed by atoms with Gasteiger partial charge in [-0.05, 0) is 37.6 Å². The molecule has 2 aromatic heterocycles. The van der Waals surface area contributed by atoms with Gasteiger partial charge in [-0.15, -0.1) is 0 Å². The van der Waals surface area contributed by atoms with Crippen LogP contribution in [0.5, 0.6) is 0 Å². The van der Waals surface area contributed by atoms with E-state index in [0.29, 0.717) is 12.1 Å². The third-order valence-corrected chi connectivity index (χ3v) is 3.87. The summed E-state index contributed by atoms with van der Waals surface area (Å²) in [6.45, 7) is 4.30. The molecule has 0 spiro atoms. The summed E-state index contributed by atoms with van der Waals surface area (Å²) in [5.74, 6) is -0.114. The Morgan fingerprint density at radius 2 is 1.88 bits per heavy atom. The van der Waals surface area contributed by atoms with Crippen molar-refractivity contribution in [3.05, 3.63) is 77.4 Å². The second-order valence-corrected chi connectivity index (χ2v) is 5.51. The zero-order valence-electron chi connectivity index (χ0n) is 13.9. The quantitative estimate of drug-likeness (QED) is 0.786. The molecule has 0 saturated carbocycles.